The molecule has 1 nitrogen and oxygen atoms in total. The van der Waals surface area contributed by atoms with E-state index in [0.717, 1.165) is 25.7 Å². The maximum atomic E-state index is 9.24. The van der Waals surface area contributed by atoms with Crippen LogP contribution in [0.15, 0.2) is 43.0 Å². The molecule has 0 saturated heterocycles. The normalized spacial score (nSPS) is 12.4. The van der Waals surface area contributed by atoms with Crippen LogP contribution in [0.3, 0.4) is 0 Å². The Morgan fingerprint density at radius 2 is 1.93 bits per heavy atom. The van der Waals surface area contributed by atoms with Crippen molar-refractivity contribution in [2.24, 2.45) is 0 Å². The van der Waals surface area contributed by atoms with Gasteiger partial charge >= 0.3 is 0 Å². The van der Waals surface area contributed by atoms with Crippen LogP contribution < -0.4 is 0 Å². The molecule has 0 fully saturated rings. The zero-order chi connectivity index (χ0) is 10.2. The van der Waals surface area contributed by atoms with Crippen LogP contribution in [0.25, 0.3) is 0 Å². The molecule has 0 heterocycles. The van der Waals surface area contributed by atoms with Crippen LogP contribution in [0.2, 0.25) is 0 Å². The van der Waals surface area contributed by atoms with Gasteiger partial charge in [-0.3, -0.25) is 0 Å². The van der Waals surface area contributed by atoms with Crippen molar-refractivity contribution in [3.8, 4) is 0 Å². The van der Waals surface area contributed by atoms with Gasteiger partial charge in [-0.25, -0.2) is 0 Å². The molecule has 1 rings (SSSR count). The molecular weight excluding hydrogens is 172 g/mol. The maximum Gasteiger partial charge on any atom is 0.0718 e. The Labute approximate surface area is 86.1 Å². The summed E-state index contributed by atoms with van der Waals surface area (Å²) in [4.78, 5) is 0. The number of hydrogen-bond acceptors (Lipinski definition) is 1. The highest BCUT2D eigenvalue weighted by Gasteiger charge is 1.97. The number of benzene rings is 1. The van der Waals surface area contributed by atoms with E-state index in [0.29, 0.717) is 0 Å². The Balaban J connectivity index is 2.13. The number of aliphatic hydroxyl groups is 1. The van der Waals surface area contributed by atoms with E-state index in [1.54, 1.807) is 6.08 Å². The first-order valence-electron chi connectivity index (χ1n) is 5.17. The van der Waals surface area contributed by atoms with Crippen molar-refractivity contribution >= 4 is 0 Å². The molecular formula is C13H18O. The average molecular weight is 190 g/mol. The van der Waals surface area contributed by atoms with E-state index >= 15 is 0 Å². The molecule has 1 heteroatoms. The Bertz CT molecular complexity index is 253. The number of aryl methyl sites for hydroxylation is 1. The fourth-order valence-corrected chi connectivity index (χ4v) is 1.45. The first-order chi connectivity index (χ1) is 6.83. The van der Waals surface area contributed by atoms with Crippen LogP contribution in [0, 0.1) is 0 Å². The summed E-state index contributed by atoms with van der Waals surface area (Å²) in [5.41, 5.74) is 1.38. The summed E-state index contributed by atoms with van der Waals surface area (Å²) in [7, 11) is 0. The summed E-state index contributed by atoms with van der Waals surface area (Å²) in [6, 6.07) is 10.4. The molecule has 0 bridgehead atoms. The zero-order valence-electron chi connectivity index (χ0n) is 8.52. The minimum atomic E-state index is -0.328. The summed E-state index contributed by atoms with van der Waals surface area (Å²) in [6.07, 6.45) is 5.39. The van der Waals surface area contributed by atoms with E-state index in [2.05, 4.69) is 30.8 Å². The summed E-state index contributed by atoms with van der Waals surface area (Å²) in [5, 5.41) is 9.24. The highest BCUT2D eigenvalue weighted by atomic mass is 16.3. The monoisotopic (exact) mass is 190 g/mol. The Morgan fingerprint density at radius 3 is 2.57 bits per heavy atom. The van der Waals surface area contributed by atoms with Gasteiger partial charge in [0.05, 0.1) is 6.10 Å². The predicted molar refractivity (Wildman–Crippen MR) is 60.2 cm³/mol. The fraction of sp³-hybridized carbons (Fsp3) is 0.385. The van der Waals surface area contributed by atoms with E-state index in [4.69, 9.17) is 0 Å². The molecule has 0 aliphatic rings. The fourth-order valence-electron chi connectivity index (χ4n) is 1.45. The molecule has 0 amide bonds. The predicted octanol–water partition coefficient (Wildman–Crippen LogP) is 2.95. The van der Waals surface area contributed by atoms with Crippen LogP contribution in [0.5, 0.6) is 0 Å². The molecule has 1 aromatic carbocycles. The van der Waals surface area contributed by atoms with Gasteiger partial charge in [-0.2, -0.15) is 0 Å². The van der Waals surface area contributed by atoms with Gasteiger partial charge in [0.1, 0.15) is 0 Å². The molecule has 1 N–H and O–H groups in total. The van der Waals surface area contributed by atoms with E-state index in [1.807, 2.05) is 6.07 Å². The van der Waals surface area contributed by atoms with Crippen molar-refractivity contribution in [1.82, 2.24) is 0 Å². The Morgan fingerprint density at radius 1 is 1.21 bits per heavy atom. The molecule has 0 aliphatic heterocycles. The van der Waals surface area contributed by atoms with E-state index < -0.39 is 0 Å². The molecule has 1 atom stereocenters. The van der Waals surface area contributed by atoms with Crippen molar-refractivity contribution in [3.63, 3.8) is 0 Å². The SMILES string of the molecule is C=CC(O)CCCCc1ccccc1. The first kappa shape index (κ1) is 11.0. The smallest absolute Gasteiger partial charge is 0.0718 e. The van der Waals surface area contributed by atoms with Gasteiger partial charge in [0.2, 0.25) is 0 Å². The molecule has 0 radical (unpaired) electrons. The van der Waals surface area contributed by atoms with Gasteiger partial charge in [-0.05, 0) is 24.8 Å². The third-order valence-electron chi connectivity index (χ3n) is 2.33. The maximum absolute atomic E-state index is 9.24. The largest absolute Gasteiger partial charge is 0.389 e. The third-order valence-corrected chi connectivity index (χ3v) is 2.33. The van der Waals surface area contributed by atoms with Gasteiger partial charge in [-0.1, -0.05) is 42.8 Å². The van der Waals surface area contributed by atoms with Gasteiger partial charge in [-0.15, -0.1) is 6.58 Å². The zero-order valence-corrected chi connectivity index (χ0v) is 8.52. The lowest BCUT2D eigenvalue weighted by Gasteiger charge is -2.04. The van der Waals surface area contributed by atoms with Crippen molar-refractivity contribution in [2.75, 3.05) is 0 Å². The number of rotatable bonds is 6. The van der Waals surface area contributed by atoms with Gasteiger partial charge in [0.25, 0.3) is 0 Å². The molecule has 0 aromatic heterocycles. The molecule has 76 valence electrons. The number of unbranched alkanes of at least 4 members (excludes halogenated alkanes) is 1. The van der Waals surface area contributed by atoms with Gasteiger partial charge < -0.3 is 5.11 Å². The summed E-state index contributed by atoms with van der Waals surface area (Å²) < 4.78 is 0. The molecule has 0 aliphatic carbocycles. The number of hydrogen-bond donors (Lipinski definition) is 1. The lowest BCUT2D eigenvalue weighted by atomic mass is 10.1. The van der Waals surface area contributed by atoms with Crippen LogP contribution in [-0.4, -0.2) is 11.2 Å². The second-order valence-corrected chi connectivity index (χ2v) is 3.53. The van der Waals surface area contributed by atoms with Crippen molar-refractivity contribution in [2.45, 2.75) is 31.8 Å². The Kier molecular flexibility index (Phi) is 5.02. The molecule has 1 unspecified atom stereocenters. The van der Waals surface area contributed by atoms with Crippen LogP contribution >= 0.6 is 0 Å². The minimum Gasteiger partial charge on any atom is -0.389 e. The summed E-state index contributed by atoms with van der Waals surface area (Å²) >= 11 is 0. The van der Waals surface area contributed by atoms with Gasteiger partial charge in [0.15, 0.2) is 0 Å². The second kappa shape index (κ2) is 6.39. The third kappa shape index (κ3) is 4.24. The molecule has 0 saturated carbocycles. The molecule has 0 spiro atoms. The van der Waals surface area contributed by atoms with Gasteiger partial charge in [0, 0.05) is 0 Å². The minimum absolute atomic E-state index is 0.328. The Hall–Kier alpha value is -1.08. The van der Waals surface area contributed by atoms with Crippen molar-refractivity contribution in [1.29, 1.82) is 0 Å². The molecule has 14 heavy (non-hydrogen) atoms. The highest BCUT2D eigenvalue weighted by Crippen LogP contribution is 2.07. The quantitative estimate of drug-likeness (QED) is 0.540. The average Bonchev–Trinajstić information content (AvgIpc) is 2.25. The van der Waals surface area contributed by atoms with Crippen LogP contribution in [-0.2, 0) is 6.42 Å². The number of aliphatic hydroxyl groups excluding tert-OH is 1. The molecule has 1 aromatic rings. The van der Waals surface area contributed by atoms with E-state index in [1.165, 1.54) is 5.56 Å². The highest BCUT2D eigenvalue weighted by molar-refractivity contribution is 5.14. The van der Waals surface area contributed by atoms with Crippen molar-refractivity contribution in [3.05, 3.63) is 48.6 Å². The first-order valence-corrected chi connectivity index (χ1v) is 5.17. The van der Waals surface area contributed by atoms with E-state index in [9.17, 15) is 5.11 Å². The lowest BCUT2D eigenvalue weighted by Crippen LogP contribution is -2.00. The summed E-state index contributed by atoms with van der Waals surface area (Å²) in [5.74, 6) is 0. The van der Waals surface area contributed by atoms with Crippen molar-refractivity contribution < 1.29 is 5.11 Å². The second-order valence-electron chi connectivity index (χ2n) is 3.53. The van der Waals surface area contributed by atoms with E-state index in [-0.39, 0.29) is 6.10 Å². The summed E-state index contributed by atoms with van der Waals surface area (Å²) in [6.45, 7) is 3.55. The van der Waals surface area contributed by atoms with Crippen LogP contribution in [0.1, 0.15) is 24.8 Å². The van der Waals surface area contributed by atoms with Crippen LogP contribution in [0.4, 0.5) is 0 Å². The lowest BCUT2D eigenvalue weighted by molar-refractivity contribution is 0.209. The standard InChI is InChI=1S/C13H18O/c1-2-13(14)11-7-6-10-12-8-4-3-5-9-12/h2-5,8-9,13-14H,1,6-7,10-11H2. The topological polar surface area (TPSA) is 20.2 Å².